The van der Waals surface area contributed by atoms with Crippen LogP contribution in [0.4, 0.5) is 0 Å². The van der Waals surface area contributed by atoms with E-state index in [1.54, 1.807) is 0 Å². The summed E-state index contributed by atoms with van der Waals surface area (Å²) in [6, 6.07) is 6.64. The SMILES string of the molecule is Cc1cccc2[nH]c(C3CCC(N)C(C)C3(C)C)nc12. The van der Waals surface area contributed by atoms with E-state index in [0.717, 1.165) is 29.7 Å². The quantitative estimate of drug-likeness (QED) is 0.830. The molecular weight excluding hydrogens is 246 g/mol. The number of rotatable bonds is 1. The number of hydrogen-bond donors (Lipinski definition) is 2. The zero-order chi connectivity index (χ0) is 14.5. The highest BCUT2D eigenvalue weighted by Gasteiger charge is 2.43. The molecule has 108 valence electrons. The number of hydrogen-bond acceptors (Lipinski definition) is 2. The van der Waals surface area contributed by atoms with Gasteiger partial charge in [0.2, 0.25) is 0 Å². The van der Waals surface area contributed by atoms with Crippen molar-refractivity contribution in [3.63, 3.8) is 0 Å². The summed E-state index contributed by atoms with van der Waals surface area (Å²) in [5.41, 5.74) is 9.95. The summed E-state index contributed by atoms with van der Waals surface area (Å²) in [7, 11) is 0. The van der Waals surface area contributed by atoms with E-state index in [0.29, 0.717) is 17.9 Å². The van der Waals surface area contributed by atoms with Crippen molar-refractivity contribution in [2.24, 2.45) is 17.1 Å². The van der Waals surface area contributed by atoms with Crippen molar-refractivity contribution in [3.05, 3.63) is 29.6 Å². The van der Waals surface area contributed by atoms with Crippen LogP contribution in [0.2, 0.25) is 0 Å². The number of aromatic nitrogens is 2. The van der Waals surface area contributed by atoms with Crippen LogP contribution in [0.3, 0.4) is 0 Å². The number of imidazole rings is 1. The van der Waals surface area contributed by atoms with E-state index in [1.807, 2.05) is 0 Å². The summed E-state index contributed by atoms with van der Waals surface area (Å²) >= 11 is 0. The first-order valence-corrected chi connectivity index (χ1v) is 7.62. The molecule has 1 aromatic carbocycles. The van der Waals surface area contributed by atoms with Gasteiger partial charge in [-0.25, -0.2) is 4.98 Å². The van der Waals surface area contributed by atoms with Crippen molar-refractivity contribution in [2.75, 3.05) is 0 Å². The molecule has 0 bridgehead atoms. The van der Waals surface area contributed by atoms with Gasteiger partial charge in [0.05, 0.1) is 11.0 Å². The fourth-order valence-corrected chi connectivity index (χ4v) is 3.70. The van der Waals surface area contributed by atoms with E-state index < -0.39 is 0 Å². The van der Waals surface area contributed by atoms with Crippen LogP contribution >= 0.6 is 0 Å². The molecule has 3 atom stereocenters. The van der Waals surface area contributed by atoms with Crippen LogP contribution in [0.15, 0.2) is 18.2 Å². The predicted molar refractivity (Wildman–Crippen MR) is 83.7 cm³/mol. The minimum Gasteiger partial charge on any atom is -0.342 e. The van der Waals surface area contributed by atoms with Gasteiger partial charge in [-0.3, -0.25) is 0 Å². The molecule has 2 aromatic rings. The average molecular weight is 271 g/mol. The second kappa shape index (κ2) is 4.59. The van der Waals surface area contributed by atoms with Gasteiger partial charge in [-0.1, -0.05) is 32.9 Å². The maximum Gasteiger partial charge on any atom is 0.110 e. The second-order valence-corrected chi connectivity index (χ2v) is 7.00. The summed E-state index contributed by atoms with van der Waals surface area (Å²) in [4.78, 5) is 8.44. The molecule has 3 N–H and O–H groups in total. The van der Waals surface area contributed by atoms with Gasteiger partial charge >= 0.3 is 0 Å². The van der Waals surface area contributed by atoms with E-state index >= 15 is 0 Å². The molecule has 0 amide bonds. The summed E-state index contributed by atoms with van der Waals surface area (Å²) in [5.74, 6) is 2.11. The highest BCUT2D eigenvalue weighted by molar-refractivity contribution is 5.78. The van der Waals surface area contributed by atoms with E-state index in [1.165, 1.54) is 5.56 Å². The van der Waals surface area contributed by atoms with Gasteiger partial charge in [0.25, 0.3) is 0 Å². The van der Waals surface area contributed by atoms with Crippen molar-refractivity contribution in [3.8, 4) is 0 Å². The maximum atomic E-state index is 6.26. The molecule has 3 unspecified atom stereocenters. The molecular formula is C17H25N3. The molecule has 3 nitrogen and oxygen atoms in total. The van der Waals surface area contributed by atoms with Crippen molar-refractivity contribution < 1.29 is 0 Å². The molecule has 0 saturated heterocycles. The van der Waals surface area contributed by atoms with Crippen LogP contribution in [0.1, 0.15) is 50.9 Å². The second-order valence-electron chi connectivity index (χ2n) is 7.00. The number of nitrogens with one attached hydrogen (secondary N) is 1. The minimum absolute atomic E-state index is 0.180. The minimum atomic E-state index is 0.180. The topological polar surface area (TPSA) is 54.7 Å². The lowest BCUT2D eigenvalue weighted by Crippen LogP contribution is -2.46. The van der Waals surface area contributed by atoms with Crippen LogP contribution in [0.5, 0.6) is 0 Å². The van der Waals surface area contributed by atoms with Gasteiger partial charge in [-0.15, -0.1) is 0 Å². The van der Waals surface area contributed by atoms with Crippen molar-refractivity contribution in [1.82, 2.24) is 9.97 Å². The highest BCUT2D eigenvalue weighted by Crippen LogP contribution is 2.49. The smallest absolute Gasteiger partial charge is 0.110 e. The Morgan fingerprint density at radius 3 is 2.75 bits per heavy atom. The fraction of sp³-hybridized carbons (Fsp3) is 0.588. The third-order valence-corrected chi connectivity index (χ3v) is 5.57. The number of fused-ring (bicyclic) bond motifs is 1. The first-order valence-electron chi connectivity index (χ1n) is 7.62. The lowest BCUT2D eigenvalue weighted by molar-refractivity contribution is 0.0954. The Kier molecular flexibility index (Phi) is 3.13. The number of para-hydroxylation sites is 1. The first-order chi connectivity index (χ1) is 9.41. The molecule has 0 aliphatic heterocycles. The highest BCUT2D eigenvalue weighted by atomic mass is 14.9. The predicted octanol–water partition coefficient (Wildman–Crippen LogP) is 3.74. The fourth-order valence-electron chi connectivity index (χ4n) is 3.70. The molecule has 0 spiro atoms. The molecule has 3 rings (SSSR count). The summed E-state index contributed by atoms with van der Waals surface area (Å²) in [6.07, 6.45) is 2.21. The van der Waals surface area contributed by atoms with Crippen LogP contribution in [0.25, 0.3) is 11.0 Å². The number of benzene rings is 1. The molecule has 0 radical (unpaired) electrons. The van der Waals surface area contributed by atoms with Gasteiger partial charge < -0.3 is 10.7 Å². The summed E-state index contributed by atoms with van der Waals surface area (Å²) in [5, 5.41) is 0. The monoisotopic (exact) mass is 271 g/mol. The molecule has 3 heteroatoms. The van der Waals surface area contributed by atoms with Crippen molar-refractivity contribution in [1.29, 1.82) is 0 Å². The Balaban J connectivity index is 2.04. The maximum absolute atomic E-state index is 6.26. The standard InChI is InChI=1S/C17H25N3/c1-10-6-5-7-14-15(10)20-16(19-14)12-8-9-13(18)11(2)17(12,3)4/h5-7,11-13H,8-9,18H2,1-4H3,(H,19,20). The van der Waals surface area contributed by atoms with Gasteiger partial charge in [0.15, 0.2) is 0 Å². The summed E-state index contributed by atoms with van der Waals surface area (Å²) in [6.45, 7) is 9.07. The van der Waals surface area contributed by atoms with Crippen LogP contribution in [0, 0.1) is 18.3 Å². The van der Waals surface area contributed by atoms with Gasteiger partial charge in [-0.2, -0.15) is 0 Å². The van der Waals surface area contributed by atoms with Crippen molar-refractivity contribution in [2.45, 2.75) is 52.5 Å². The normalized spacial score (nSPS) is 29.8. The number of aryl methyl sites for hydroxylation is 1. The third-order valence-electron chi connectivity index (χ3n) is 5.57. The molecule has 1 aliphatic rings. The summed E-state index contributed by atoms with van der Waals surface area (Å²) < 4.78 is 0. The average Bonchev–Trinajstić information content (AvgIpc) is 2.81. The molecule has 1 saturated carbocycles. The van der Waals surface area contributed by atoms with E-state index in [9.17, 15) is 0 Å². The number of nitrogens with two attached hydrogens (primary N) is 1. The Labute approximate surface area is 121 Å². The van der Waals surface area contributed by atoms with E-state index in [4.69, 9.17) is 10.7 Å². The van der Waals surface area contributed by atoms with Crippen LogP contribution < -0.4 is 5.73 Å². The number of aromatic amines is 1. The Hall–Kier alpha value is -1.35. The zero-order valence-corrected chi connectivity index (χ0v) is 12.9. The van der Waals surface area contributed by atoms with Crippen LogP contribution in [-0.4, -0.2) is 16.0 Å². The van der Waals surface area contributed by atoms with Gasteiger partial charge in [0.1, 0.15) is 5.82 Å². The molecule has 1 fully saturated rings. The van der Waals surface area contributed by atoms with Gasteiger partial charge in [0, 0.05) is 12.0 Å². The van der Waals surface area contributed by atoms with E-state index in [2.05, 4.69) is 50.9 Å². The molecule has 20 heavy (non-hydrogen) atoms. The van der Waals surface area contributed by atoms with E-state index in [-0.39, 0.29) is 5.41 Å². The molecule has 1 aromatic heterocycles. The zero-order valence-electron chi connectivity index (χ0n) is 12.9. The lowest BCUT2D eigenvalue weighted by Gasteiger charge is -2.46. The number of H-pyrrole nitrogens is 1. The third kappa shape index (κ3) is 1.96. The van der Waals surface area contributed by atoms with Crippen molar-refractivity contribution >= 4 is 11.0 Å². The Morgan fingerprint density at radius 1 is 1.30 bits per heavy atom. The van der Waals surface area contributed by atoms with Gasteiger partial charge in [-0.05, 0) is 42.7 Å². The molecule has 1 aliphatic carbocycles. The first kappa shape index (κ1) is 13.6. The number of nitrogens with zero attached hydrogens (tertiary/aromatic N) is 1. The Bertz CT molecular complexity index is 626. The largest absolute Gasteiger partial charge is 0.342 e. The van der Waals surface area contributed by atoms with Crippen LogP contribution in [-0.2, 0) is 0 Å². The Morgan fingerprint density at radius 2 is 2.05 bits per heavy atom. The molecule has 1 heterocycles. The lowest BCUT2D eigenvalue weighted by atomic mass is 9.61.